The maximum absolute atomic E-state index is 13.2. The van der Waals surface area contributed by atoms with Crippen LogP contribution in [0.15, 0.2) is 34.5 Å². The van der Waals surface area contributed by atoms with Crippen LogP contribution in [0.4, 0.5) is 4.39 Å². The van der Waals surface area contributed by atoms with Crippen LogP contribution in [0.2, 0.25) is 0 Å². The lowest BCUT2D eigenvalue weighted by atomic mass is 10.1. The first kappa shape index (κ1) is 10.4. The summed E-state index contributed by atoms with van der Waals surface area (Å²) in [6, 6.07) is 4.37. The number of ether oxygens (including phenoxy) is 1. The summed E-state index contributed by atoms with van der Waals surface area (Å²) in [6.07, 6.45) is 2.45. The van der Waals surface area contributed by atoms with Gasteiger partial charge in [0.15, 0.2) is 5.76 Å². The Hall–Kier alpha value is -1.16. The first-order valence-corrected chi connectivity index (χ1v) is 5.31. The standard InChI is InChI=1S/C11H8BrFO2/c12-10-7(3-1-4-8(10)13)11(14)9-5-2-6-15-9/h1,3-5H,2,6H2. The molecule has 0 radical (unpaired) electrons. The van der Waals surface area contributed by atoms with E-state index in [2.05, 4.69) is 15.9 Å². The molecular weight excluding hydrogens is 263 g/mol. The van der Waals surface area contributed by atoms with E-state index in [-0.39, 0.29) is 10.3 Å². The van der Waals surface area contributed by atoms with Gasteiger partial charge in [-0.15, -0.1) is 0 Å². The third-order valence-electron chi connectivity index (χ3n) is 2.13. The number of rotatable bonds is 2. The summed E-state index contributed by atoms with van der Waals surface area (Å²) in [7, 11) is 0. The maximum atomic E-state index is 13.2. The molecule has 0 N–H and O–H groups in total. The van der Waals surface area contributed by atoms with Gasteiger partial charge >= 0.3 is 0 Å². The fraction of sp³-hybridized carbons (Fsp3) is 0.182. The highest BCUT2D eigenvalue weighted by molar-refractivity contribution is 9.10. The zero-order valence-electron chi connectivity index (χ0n) is 7.80. The molecule has 0 unspecified atom stereocenters. The Kier molecular flexibility index (Phi) is 2.86. The van der Waals surface area contributed by atoms with E-state index in [1.54, 1.807) is 12.1 Å². The summed E-state index contributed by atoms with van der Waals surface area (Å²) in [5, 5.41) is 0. The summed E-state index contributed by atoms with van der Waals surface area (Å²) in [6.45, 7) is 0.522. The molecule has 0 amide bonds. The van der Waals surface area contributed by atoms with E-state index in [9.17, 15) is 9.18 Å². The Labute approximate surface area is 94.9 Å². The van der Waals surface area contributed by atoms with E-state index in [0.29, 0.717) is 17.9 Å². The molecule has 0 aliphatic carbocycles. The van der Waals surface area contributed by atoms with Crippen molar-refractivity contribution >= 4 is 21.7 Å². The van der Waals surface area contributed by atoms with Gasteiger partial charge in [0.1, 0.15) is 5.82 Å². The molecule has 1 aromatic rings. The Balaban J connectivity index is 2.37. The number of carbonyl (C=O) groups excluding carboxylic acids is 1. The molecule has 4 heteroatoms. The zero-order valence-corrected chi connectivity index (χ0v) is 9.38. The van der Waals surface area contributed by atoms with Crippen molar-refractivity contribution < 1.29 is 13.9 Å². The quantitative estimate of drug-likeness (QED) is 0.773. The van der Waals surface area contributed by atoms with Crippen molar-refractivity contribution in [2.75, 3.05) is 6.61 Å². The van der Waals surface area contributed by atoms with E-state index < -0.39 is 5.82 Å². The lowest BCUT2D eigenvalue weighted by Crippen LogP contribution is -2.05. The van der Waals surface area contributed by atoms with Crippen molar-refractivity contribution in [1.29, 1.82) is 0 Å². The second-order valence-electron chi connectivity index (χ2n) is 3.14. The largest absolute Gasteiger partial charge is 0.489 e. The minimum absolute atomic E-state index is 0.186. The van der Waals surface area contributed by atoms with Crippen LogP contribution in [0.1, 0.15) is 16.8 Å². The number of hydrogen-bond acceptors (Lipinski definition) is 2. The number of Topliss-reactive ketones (excluding diaryl/α,β-unsaturated/α-hetero) is 1. The highest BCUT2D eigenvalue weighted by atomic mass is 79.9. The van der Waals surface area contributed by atoms with Crippen LogP contribution in [0, 0.1) is 5.82 Å². The minimum atomic E-state index is -0.445. The van der Waals surface area contributed by atoms with Gasteiger partial charge in [-0.05, 0) is 34.1 Å². The Morgan fingerprint density at radius 1 is 1.47 bits per heavy atom. The van der Waals surface area contributed by atoms with Gasteiger partial charge in [-0.1, -0.05) is 6.07 Å². The molecule has 0 aromatic heterocycles. The van der Waals surface area contributed by atoms with Crippen LogP contribution in [0.3, 0.4) is 0 Å². The van der Waals surface area contributed by atoms with E-state index in [1.807, 2.05) is 0 Å². The summed E-state index contributed by atoms with van der Waals surface area (Å²) < 4.78 is 18.5. The van der Waals surface area contributed by atoms with Crippen molar-refractivity contribution in [2.45, 2.75) is 6.42 Å². The number of ketones is 1. The topological polar surface area (TPSA) is 26.3 Å². The van der Waals surface area contributed by atoms with Gasteiger partial charge < -0.3 is 4.74 Å². The predicted octanol–water partition coefficient (Wildman–Crippen LogP) is 3.08. The molecule has 0 fully saturated rings. The molecule has 1 heterocycles. The number of hydrogen-bond donors (Lipinski definition) is 0. The van der Waals surface area contributed by atoms with E-state index >= 15 is 0 Å². The molecule has 0 atom stereocenters. The summed E-state index contributed by atoms with van der Waals surface area (Å²) in [5.74, 6) is -0.417. The van der Waals surface area contributed by atoms with Gasteiger partial charge in [0.05, 0.1) is 11.1 Å². The molecule has 2 nitrogen and oxygen atoms in total. The third kappa shape index (κ3) is 1.95. The molecule has 1 aromatic carbocycles. The fourth-order valence-corrected chi connectivity index (χ4v) is 1.83. The minimum Gasteiger partial charge on any atom is -0.489 e. The number of allylic oxidation sites excluding steroid dienone is 1. The molecule has 15 heavy (non-hydrogen) atoms. The number of benzene rings is 1. The van der Waals surface area contributed by atoms with Crippen molar-refractivity contribution in [3.63, 3.8) is 0 Å². The van der Waals surface area contributed by atoms with E-state index in [0.717, 1.165) is 6.42 Å². The highest BCUT2D eigenvalue weighted by Crippen LogP contribution is 2.24. The molecule has 1 aliphatic heterocycles. The molecule has 2 rings (SSSR count). The van der Waals surface area contributed by atoms with E-state index in [4.69, 9.17) is 4.74 Å². The van der Waals surface area contributed by atoms with Crippen LogP contribution >= 0.6 is 15.9 Å². The van der Waals surface area contributed by atoms with Gasteiger partial charge in [0.25, 0.3) is 0 Å². The molecule has 0 saturated heterocycles. The van der Waals surface area contributed by atoms with Crippen LogP contribution in [0.25, 0.3) is 0 Å². The molecule has 78 valence electrons. The normalized spacial score (nSPS) is 14.7. The zero-order chi connectivity index (χ0) is 10.8. The summed E-state index contributed by atoms with van der Waals surface area (Å²) >= 11 is 3.05. The molecular formula is C11H8BrFO2. The van der Waals surface area contributed by atoms with Crippen molar-refractivity contribution in [3.8, 4) is 0 Å². The average molecular weight is 271 g/mol. The van der Waals surface area contributed by atoms with Gasteiger partial charge in [0.2, 0.25) is 5.78 Å². The van der Waals surface area contributed by atoms with Crippen molar-refractivity contribution in [1.82, 2.24) is 0 Å². The number of halogens is 2. The summed E-state index contributed by atoms with van der Waals surface area (Å²) in [4.78, 5) is 11.8. The SMILES string of the molecule is O=C(C1=CCCO1)c1cccc(F)c1Br. The van der Waals surface area contributed by atoms with Gasteiger partial charge in [-0.3, -0.25) is 4.79 Å². The average Bonchev–Trinajstić information content (AvgIpc) is 2.74. The summed E-state index contributed by atoms with van der Waals surface area (Å²) in [5.41, 5.74) is 0.295. The van der Waals surface area contributed by atoms with Crippen LogP contribution < -0.4 is 0 Å². The first-order chi connectivity index (χ1) is 7.20. The lowest BCUT2D eigenvalue weighted by molar-refractivity contribution is 0.0941. The predicted molar refractivity (Wildman–Crippen MR) is 57.1 cm³/mol. The lowest BCUT2D eigenvalue weighted by Gasteiger charge is -2.05. The molecule has 0 bridgehead atoms. The number of carbonyl (C=O) groups is 1. The van der Waals surface area contributed by atoms with Crippen LogP contribution in [-0.2, 0) is 4.74 Å². The van der Waals surface area contributed by atoms with Gasteiger partial charge in [0, 0.05) is 12.0 Å². The maximum Gasteiger partial charge on any atom is 0.228 e. The third-order valence-corrected chi connectivity index (χ3v) is 2.93. The molecule has 0 saturated carbocycles. The van der Waals surface area contributed by atoms with Gasteiger partial charge in [-0.25, -0.2) is 4.39 Å². The molecule has 1 aliphatic rings. The van der Waals surface area contributed by atoms with Crippen molar-refractivity contribution in [3.05, 3.63) is 45.9 Å². The smallest absolute Gasteiger partial charge is 0.228 e. The Bertz CT molecular complexity index is 440. The fourth-order valence-electron chi connectivity index (χ4n) is 1.39. The molecule has 0 spiro atoms. The highest BCUT2D eigenvalue weighted by Gasteiger charge is 2.20. The second kappa shape index (κ2) is 4.14. The van der Waals surface area contributed by atoms with Crippen LogP contribution in [-0.4, -0.2) is 12.4 Å². The van der Waals surface area contributed by atoms with Crippen molar-refractivity contribution in [2.24, 2.45) is 0 Å². The van der Waals surface area contributed by atoms with Gasteiger partial charge in [-0.2, -0.15) is 0 Å². The monoisotopic (exact) mass is 270 g/mol. The first-order valence-electron chi connectivity index (χ1n) is 4.52. The van der Waals surface area contributed by atoms with E-state index in [1.165, 1.54) is 12.1 Å². The van der Waals surface area contributed by atoms with Crippen LogP contribution in [0.5, 0.6) is 0 Å². The second-order valence-corrected chi connectivity index (χ2v) is 3.93. The Morgan fingerprint density at radius 3 is 2.93 bits per heavy atom. The Morgan fingerprint density at radius 2 is 2.27 bits per heavy atom.